The molecule has 17 heavy (non-hydrogen) atoms. The second-order valence-corrected chi connectivity index (χ2v) is 4.30. The first-order valence-corrected chi connectivity index (χ1v) is 5.66. The number of fused-ring (bicyclic) bond motifs is 1. The third-order valence-electron chi connectivity index (χ3n) is 2.84. The summed E-state index contributed by atoms with van der Waals surface area (Å²) in [5, 5.41) is 1.16. The minimum atomic E-state index is 0.824. The first-order valence-electron chi connectivity index (χ1n) is 5.66. The number of aryl methyl sites for hydroxylation is 2. The Labute approximate surface area is 99.9 Å². The fourth-order valence-electron chi connectivity index (χ4n) is 1.95. The van der Waals surface area contributed by atoms with Gasteiger partial charge in [0.25, 0.3) is 0 Å². The molecule has 2 aromatic heterocycles. The minimum Gasteiger partial charge on any atom is -0.460 e. The molecule has 0 aliphatic rings. The largest absolute Gasteiger partial charge is 0.460 e. The van der Waals surface area contributed by atoms with Gasteiger partial charge in [-0.1, -0.05) is 17.7 Å². The quantitative estimate of drug-likeness (QED) is 0.620. The van der Waals surface area contributed by atoms with E-state index in [1.165, 1.54) is 5.56 Å². The molecule has 0 aliphatic carbocycles. The van der Waals surface area contributed by atoms with Crippen LogP contribution in [0.2, 0.25) is 0 Å². The topological polar surface area (TPSA) is 26.0 Å². The van der Waals surface area contributed by atoms with Crippen LogP contribution in [0.3, 0.4) is 0 Å². The van der Waals surface area contributed by atoms with E-state index in [1.807, 2.05) is 31.2 Å². The number of hydrogen-bond donors (Lipinski definition) is 0. The van der Waals surface area contributed by atoms with Gasteiger partial charge in [-0.15, -0.1) is 0 Å². The molecule has 0 saturated carbocycles. The van der Waals surface area contributed by atoms with Crippen LogP contribution in [-0.2, 0) is 0 Å². The molecule has 0 unspecified atom stereocenters. The van der Waals surface area contributed by atoms with Crippen molar-refractivity contribution in [3.8, 4) is 11.5 Å². The number of pyridine rings is 1. The third-order valence-corrected chi connectivity index (χ3v) is 2.84. The molecule has 2 heterocycles. The number of benzene rings is 1. The molecule has 0 radical (unpaired) electrons. The normalized spacial score (nSPS) is 10.9. The van der Waals surface area contributed by atoms with Crippen LogP contribution in [0.1, 0.15) is 11.3 Å². The first kappa shape index (κ1) is 10.1. The predicted molar refractivity (Wildman–Crippen MR) is 68.9 cm³/mol. The summed E-state index contributed by atoms with van der Waals surface area (Å²) in [5.41, 5.74) is 3.14. The Morgan fingerprint density at radius 3 is 2.59 bits per heavy atom. The van der Waals surface area contributed by atoms with Crippen molar-refractivity contribution in [2.24, 2.45) is 0 Å². The van der Waals surface area contributed by atoms with Gasteiger partial charge in [0, 0.05) is 5.39 Å². The van der Waals surface area contributed by atoms with Gasteiger partial charge in [-0.05, 0) is 44.2 Å². The maximum Gasteiger partial charge on any atom is 0.152 e. The van der Waals surface area contributed by atoms with Crippen molar-refractivity contribution in [3.05, 3.63) is 53.8 Å². The number of hydrogen-bond acceptors (Lipinski definition) is 2. The maximum atomic E-state index is 5.58. The zero-order valence-electron chi connectivity index (χ0n) is 9.90. The summed E-state index contributed by atoms with van der Waals surface area (Å²) < 4.78 is 5.58. The van der Waals surface area contributed by atoms with Crippen LogP contribution >= 0.6 is 0 Å². The predicted octanol–water partition coefficient (Wildman–Crippen LogP) is 4.11. The van der Waals surface area contributed by atoms with E-state index in [0.717, 1.165) is 28.1 Å². The maximum absolute atomic E-state index is 5.58. The first-order chi connectivity index (χ1) is 8.22. The van der Waals surface area contributed by atoms with E-state index < -0.39 is 0 Å². The molecule has 0 fully saturated rings. The standard InChI is InChI=1S/C15H13NO/c1-10-3-6-13-12(9-10)5-7-14(16-13)15-8-4-11(2)17-15/h3-9H,1-2H3. The molecule has 0 bridgehead atoms. The Morgan fingerprint density at radius 2 is 1.82 bits per heavy atom. The molecule has 3 rings (SSSR count). The molecule has 0 amide bonds. The molecular formula is C15H13NO. The highest BCUT2D eigenvalue weighted by Gasteiger charge is 2.05. The number of rotatable bonds is 1. The zero-order valence-corrected chi connectivity index (χ0v) is 9.90. The number of nitrogens with zero attached hydrogens (tertiary/aromatic N) is 1. The van der Waals surface area contributed by atoms with E-state index in [1.54, 1.807) is 0 Å². The summed E-state index contributed by atoms with van der Waals surface area (Å²) in [7, 11) is 0. The molecule has 0 atom stereocenters. The summed E-state index contributed by atoms with van der Waals surface area (Å²) in [6.07, 6.45) is 0. The van der Waals surface area contributed by atoms with Gasteiger partial charge in [-0.2, -0.15) is 0 Å². The van der Waals surface area contributed by atoms with Gasteiger partial charge in [0.15, 0.2) is 5.76 Å². The Balaban J connectivity index is 2.16. The molecule has 2 nitrogen and oxygen atoms in total. The lowest BCUT2D eigenvalue weighted by Gasteiger charge is -2.01. The van der Waals surface area contributed by atoms with Crippen LogP contribution in [0.15, 0.2) is 46.9 Å². The van der Waals surface area contributed by atoms with Crippen LogP contribution in [-0.4, -0.2) is 4.98 Å². The molecular weight excluding hydrogens is 210 g/mol. The van der Waals surface area contributed by atoms with E-state index in [0.29, 0.717) is 0 Å². The van der Waals surface area contributed by atoms with Crippen LogP contribution in [0, 0.1) is 13.8 Å². The van der Waals surface area contributed by atoms with Crippen LogP contribution in [0.25, 0.3) is 22.4 Å². The second kappa shape index (κ2) is 3.74. The van der Waals surface area contributed by atoms with E-state index in [9.17, 15) is 0 Å². The van der Waals surface area contributed by atoms with Crippen LogP contribution < -0.4 is 0 Å². The molecule has 0 saturated heterocycles. The average molecular weight is 223 g/mol. The zero-order chi connectivity index (χ0) is 11.8. The molecule has 0 aliphatic heterocycles. The van der Waals surface area contributed by atoms with Gasteiger partial charge < -0.3 is 4.42 Å². The van der Waals surface area contributed by atoms with Gasteiger partial charge in [-0.25, -0.2) is 4.98 Å². The van der Waals surface area contributed by atoms with Crippen molar-refractivity contribution in [1.29, 1.82) is 0 Å². The lowest BCUT2D eigenvalue weighted by Crippen LogP contribution is -1.84. The van der Waals surface area contributed by atoms with Crippen molar-refractivity contribution in [2.45, 2.75) is 13.8 Å². The monoisotopic (exact) mass is 223 g/mol. The second-order valence-electron chi connectivity index (χ2n) is 4.30. The minimum absolute atomic E-state index is 0.824. The highest BCUT2D eigenvalue weighted by Crippen LogP contribution is 2.23. The van der Waals surface area contributed by atoms with E-state index >= 15 is 0 Å². The highest BCUT2D eigenvalue weighted by atomic mass is 16.3. The van der Waals surface area contributed by atoms with Crippen molar-refractivity contribution in [2.75, 3.05) is 0 Å². The number of furan rings is 1. The fraction of sp³-hybridized carbons (Fsp3) is 0.133. The molecule has 3 aromatic rings. The summed E-state index contributed by atoms with van der Waals surface area (Å²) in [4.78, 5) is 4.61. The van der Waals surface area contributed by atoms with Crippen molar-refractivity contribution in [1.82, 2.24) is 4.98 Å². The van der Waals surface area contributed by atoms with Gasteiger partial charge in [0.1, 0.15) is 11.5 Å². The molecule has 0 spiro atoms. The Bertz CT molecular complexity index is 682. The van der Waals surface area contributed by atoms with Gasteiger partial charge >= 0.3 is 0 Å². The lowest BCUT2D eigenvalue weighted by atomic mass is 10.1. The summed E-state index contributed by atoms with van der Waals surface area (Å²) in [6.45, 7) is 4.02. The van der Waals surface area contributed by atoms with Crippen LogP contribution in [0.4, 0.5) is 0 Å². The van der Waals surface area contributed by atoms with Crippen molar-refractivity contribution in [3.63, 3.8) is 0 Å². The van der Waals surface area contributed by atoms with E-state index in [4.69, 9.17) is 4.42 Å². The van der Waals surface area contributed by atoms with Gasteiger partial charge in [0.05, 0.1) is 5.52 Å². The number of aromatic nitrogens is 1. The summed E-state index contributed by atoms with van der Waals surface area (Å²) in [6, 6.07) is 14.3. The fourth-order valence-corrected chi connectivity index (χ4v) is 1.95. The highest BCUT2D eigenvalue weighted by molar-refractivity contribution is 5.81. The summed E-state index contributed by atoms with van der Waals surface area (Å²) >= 11 is 0. The molecule has 1 aromatic carbocycles. The van der Waals surface area contributed by atoms with Gasteiger partial charge in [-0.3, -0.25) is 0 Å². The van der Waals surface area contributed by atoms with E-state index in [-0.39, 0.29) is 0 Å². The SMILES string of the molecule is Cc1ccc2nc(-c3ccc(C)o3)ccc2c1. The third kappa shape index (κ3) is 1.82. The molecule has 0 N–H and O–H groups in total. The van der Waals surface area contributed by atoms with Gasteiger partial charge in [0.2, 0.25) is 0 Å². The van der Waals surface area contributed by atoms with Crippen molar-refractivity contribution >= 4 is 10.9 Å². The van der Waals surface area contributed by atoms with Crippen LogP contribution in [0.5, 0.6) is 0 Å². The summed E-state index contributed by atoms with van der Waals surface area (Å²) in [5.74, 6) is 1.73. The van der Waals surface area contributed by atoms with Crippen molar-refractivity contribution < 1.29 is 4.42 Å². The Hall–Kier alpha value is -2.09. The lowest BCUT2D eigenvalue weighted by molar-refractivity contribution is 0.546. The smallest absolute Gasteiger partial charge is 0.152 e. The average Bonchev–Trinajstić information content (AvgIpc) is 2.75. The molecule has 2 heteroatoms. The Kier molecular flexibility index (Phi) is 2.22. The Morgan fingerprint density at radius 1 is 0.941 bits per heavy atom. The van der Waals surface area contributed by atoms with E-state index in [2.05, 4.69) is 30.1 Å². The molecule has 84 valence electrons.